The molecule has 0 saturated carbocycles. The number of rotatable bonds is 9. The van der Waals surface area contributed by atoms with Gasteiger partial charge in [-0.2, -0.15) is 25.3 Å². The van der Waals surface area contributed by atoms with Crippen molar-refractivity contribution in [3.8, 4) is 0 Å². The van der Waals surface area contributed by atoms with Crippen molar-refractivity contribution in [1.82, 2.24) is 0 Å². The van der Waals surface area contributed by atoms with Gasteiger partial charge in [0.05, 0.1) is 35.4 Å². The highest BCUT2D eigenvalue weighted by Gasteiger charge is 2.18. The van der Waals surface area contributed by atoms with Gasteiger partial charge in [-0.3, -0.25) is 13.7 Å². The van der Waals surface area contributed by atoms with Gasteiger partial charge in [0.15, 0.2) is 0 Å². The van der Waals surface area contributed by atoms with Gasteiger partial charge < -0.3 is 0 Å². The molecule has 0 atom stereocenters. The zero-order chi connectivity index (χ0) is 35.3. The van der Waals surface area contributed by atoms with Gasteiger partial charge in [0.2, 0.25) is 0 Å². The molecule has 0 heterocycles. The van der Waals surface area contributed by atoms with Crippen LogP contribution in [0.2, 0.25) is 0 Å². The second-order valence-electron chi connectivity index (χ2n) is 9.67. The predicted molar refractivity (Wildman–Crippen MR) is 175 cm³/mol. The molecule has 5 aromatic carbocycles. The van der Waals surface area contributed by atoms with Crippen LogP contribution in [-0.2, 0) is 39.7 Å². The van der Waals surface area contributed by atoms with E-state index < -0.39 is 35.2 Å². The molecule has 252 valence electrons. The molecule has 5 aromatic rings. The number of hydrogen-bond donors (Lipinski definition) is 4. The topological polar surface area (TPSA) is 251 Å². The number of aryl methyl sites for hydroxylation is 1. The Kier molecular flexibility index (Phi) is 11.4. The fourth-order valence-electron chi connectivity index (χ4n) is 4.39. The molecule has 5 rings (SSSR count). The molecule has 48 heavy (non-hydrogen) atoms. The van der Waals surface area contributed by atoms with Crippen molar-refractivity contribution in [2.24, 2.45) is 20.5 Å². The average Bonchev–Trinajstić information content (AvgIpc) is 3.01. The van der Waals surface area contributed by atoms with E-state index in [-0.39, 0.29) is 10.6 Å². The molecule has 0 radical (unpaired) electrons. The molecule has 0 aliphatic heterocycles. The van der Waals surface area contributed by atoms with Crippen LogP contribution in [0.15, 0.2) is 120 Å². The molecule has 0 bridgehead atoms. The number of hydrogen-bond acceptors (Lipinski definition) is 14. The van der Waals surface area contributed by atoms with E-state index in [0.717, 1.165) is 6.07 Å². The molecular weight excluding hydrogens is 713 g/mol. The largest absolute Gasteiger partial charge is 0.296 e. The van der Waals surface area contributed by atoms with Gasteiger partial charge >= 0.3 is 0 Å². The zero-order valence-electron chi connectivity index (χ0n) is 24.6. The second kappa shape index (κ2) is 14.9. The molecule has 16 nitrogen and oxygen atoms in total. The third-order valence-electron chi connectivity index (χ3n) is 6.24. The first kappa shape index (κ1) is 36.6. The lowest BCUT2D eigenvalue weighted by molar-refractivity contribution is -0.432. The van der Waals surface area contributed by atoms with Gasteiger partial charge in [-0.1, -0.05) is 47.5 Å². The Morgan fingerprint density at radius 3 is 1.60 bits per heavy atom. The Morgan fingerprint density at radius 1 is 0.604 bits per heavy atom. The van der Waals surface area contributed by atoms with E-state index in [1.165, 1.54) is 24.3 Å². The summed E-state index contributed by atoms with van der Waals surface area (Å²) in [4.78, 5) is -0.429. The summed E-state index contributed by atoms with van der Waals surface area (Å²) in [6.45, 7) is 1.73. The van der Waals surface area contributed by atoms with Gasteiger partial charge in [-0.05, 0) is 55.0 Å². The predicted octanol–water partition coefficient (Wildman–Crippen LogP) is 7.56. The van der Waals surface area contributed by atoms with Crippen molar-refractivity contribution < 1.29 is 53.5 Å². The summed E-state index contributed by atoms with van der Waals surface area (Å²) < 4.78 is 97.3. The van der Waals surface area contributed by atoms with E-state index in [1.54, 1.807) is 61.5 Å². The smallest absolute Gasteiger partial charge is 0.286 e. The first-order valence-corrected chi connectivity index (χ1v) is 18.5. The van der Waals surface area contributed by atoms with E-state index in [0.29, 0.717) is 67.4 Å². The molecule has 20 heteroatoms. The van der Waals surface area contributed by atoms with Crippen LogP contribution in [-0.4, -0.2) is 50.4 Å². The highest BCUT2D eigenvalue weighted by molar-refractivity contribution is 7.94. The lowest BCUT2D eigenvalue weighted by Crippen LogP contribution is -1.99. The summed E-state index contributed by atoms with van der Waals surface area (Å²) >= 11 is 0.572. The molecule has 0 amide bonds. The maximum Gasteiger partial charge on any atom is 0.296 e. The van der Waals surface area contributed by atoms with Crippen LogP contribution in [0.25, 0.3) is 21.5 Å². The summed E-state index contributed by atoms with van der Waals surface area (Å²) in [6, 6.07) is 21.9. The Labute approximate surface area is 278 Å². The minimum Gasteiger partial charge on any atom is -0.286 e. The SMILES string of the molecule is CS(=O)(=O)O.Cc1ccc(N=Nc2ccc(N=Nc3cc(SOOO)ccc3S(=O)(=O)O)c3ccccc23)c2cccc(S(=O)(=O)O)c12. The molecule has 0 fully saturated rings. The summed E-state index contributed by atoms with van der Waals surface area (Å²) in [5.41, 5.74) is 1.62. The van der Waals surface area contributed by atoms with Crippen molar-refractivity contribution in [2.45, 2.75) is 21.6 Å². The second-order valence-corrected chi connectivity index (χ2v) is 14.7. The maximum atomic E-state index is 12.0. The van der Waals surface area contributed by atoms with Gasteiger partial charge in [0, 0.05) is 26.4 Å². The van der Waals surface area contributed by atoms with E-state index in [9.17, 15) is 34.4 Å². The first-order valence-electron chi connectivity index (χ1n) is 13.0. The Bertz CT molecular complexity index is 2390. The van der Waals surface area contributed by atoms with Crippen LogP contribution in [0.5, 0.6) is 0 Å². The van der Waals surface area contributed by atoms with E-state index in [2.05, 4.69) is 29.8 Å². The van der Waals surface area contributed by atoms with Crippen molar-refractivity contribution >= 4 is 86.7 Å². The number of nitrogens with zero attached hydrogens (tertiary/aromatic N) is 4. The molecule has 0 aliphatic rings. The Balaban J connectivity index is 0.000000968. The van der Waals surface area contributed by atoms with Crippen molar-refractivity contribution in [2.75, 3.05) is 6.26 Å². The van der Waals surface area contributed by atoms with Crippen molar-refractivity contribution in [3.63, 3.8) is 0 Å². The molecule has 0 unspecified atom stereocenters. The lowest BCUT2D eigenvalue weighted by atomic mass is 10.0. The minimum absolute atomic E-state index is 0.197. The monoisotopic (exact) mass is 736 g/mol. The van der Waals surface area contributed by atoms with E-state index >= 15 is 0 Å². The fraction of sp³-hybridized carbons (Fsp3) is 0.0714. The van der Waals surface area contributed by atoms with Crippen LogP contribution >= 0.6 is 12.0 Å². The molecule has 0 saturated heterocycles. The Hall–Kier alpha value is -4.22. The zero-order valence-corrected chi connectivity index (χ0v) is 27.8. The molecular formula is C28H24N4O12S4. The first-order chi connectivity index (χ1) is 22.5. The number of azo groups is 2. The maximum absolute atomic E-state index is 12.0. The van der Waals surface area contributed by atoms with Gasteiger partial charge in [-0.25, -0.2) is 5.26 Å². The summed E-state index contributed by atoms with van der Waals surface area (Å²) in [7, 11) is -12.8. The van der Waals surface area contributed by atoms with Crippen LogP contribution in [0.4, 0.5) is 22.7 Å². The fourth-order valence-corrected chi connectivity index (χ4v) is 6.16. The number of fused-ring (bicyclic) bond motifs is 2. The number of benzene rings is 5. The minimum atomic E-state index is -4.65. The standard InChI is InChI=1S/C27H20N4O9S3.CH4O3S/c1-16-9-11-23(20-7-4-8-26(27(16)20)43(36,37)38)30-28-21-12-13-22(19-6-3-2-5-18(19)21)29-31-24-15-17(41-40-39-32)10-14-25(24)42(33,34)35;1-5(2,3)4/h2-15,32H,1H3,(H,33,34,35)(H,36,37,38);1H3,(H,2,3,4). The third kappa shape index (κ3) is 9.44. The highest BCUT2D eigenvalue weighted by atomic mass is 32.2. The summed E-state index contributed by atoms with van der Waals surface area (Å²) in [6.07, 6.45) is 0.715. The summed E-state index contributed by atoms with van der Waals surface area (Å²) in [5.74, 6) is 0. The van der Waals surface area contributed by atoms with Gasteiger partial charge in [0.25, 0.3) is 30.4 Å². The molecule has 0 aliphatic carbocycles. The van der Waals surface area contributed by atoms with E-state index in [1.807, 2.05) is 0 Å². The molecule has 0 spiro atoms. The third-order valence-corrected chi connectivity index (χ3v) is 8.62. The molecule has 0 aromatic heterocycles. The quantitative estimate of drug-likeness (QED) is 0.0375. The summed E-state index contributed by atoms with van der Waals surface area (Å²) in [5, 5.41) is 31.0. The van der Waals surface area contributed by atoms with Gasteiger partial charge in [0.1, 0.15) is 15.5 Å². The van der Waals surface area contributed by atoms with Gasteiger partial charge in [-0.15, -0.1) is 24.8 Å². The molecule has 4 N–H and O–H groups in total. The highest BCUT2D eigenvalue weighted by Crippen LogP contribution is 2.38. The van der Waals surface area contributed by atoms with Crippen LogP contribution in [0, 0.1) is 6.92 Å². The lowest BCUT2D eigenvalue weighted by Gasteiger charge is -2.09. The van der Waals surface area contributed by atoms with Crippen LogP contribution < -0.4 is 0 Å². The van der Waals surface area contributed by atoms with Crippen molar-refractivity contribution in [1.29, 1.82) is 0 Å². The Morgan fingerprint density at radius 2 is 1.08 bits per heavy atom. The van der Waals surface area contributed by atoms with Crippen molar-refractivity contribution in [3.05, 3.63) is 90.5 Å². The normalized spacial score (nSPS) is 12.5. The van der Waals surface area contributed by atoms with Crippen LogP contribution in [0.1, 0.15) is 5.56 Å². The van der Waals surface area contributed by atoms with E-state index in [4.69, 9.17) is 9.81 Å². The van der Waals surface area contributed by atoms with Crippen LogP contribution in [0.3, 0.4) is 0 Å². The average molecular weight is 737 g/mol.